The van der Waals surface area contributed by atoms with Crippen molar-refractivity contribution in [3.8, 4) is 0 Å². The summed E-state index contributed by atoms with van der Waals surface area (Å²) in [6.45, 7) is 2.34. The van der Waals surface area contributed by atoms with Crippen LogP contribution in [0.1, 0.15) is 39.0 Å². The second-order valence-corrected chi connectivity index (χ2v) is 5.05. The van der Waals surface area contributed by atoms with Gasteiger partial charge < -0.3 is 15.8 Å². The molecular weight excluding hydrogens is 218 g/mol. The maximum Gasteiger partial charge on any atom is 0.222 e. The van der Waals surface area contributed by atoms with Crippen molar-refractivity contribution in [2.24, 2.45) is 22.7 Å². The first-order valence-electron chi connectivity index (χ1n) is 6.26. The first-order valence-corrected chi connectivity index (χ1v) is 6.26. The summed E-state index contributed by atoms with van der Waals surface area (Å²) in [4.78, 5) is 13.6. The number of amidine groups is 1. The molecule has 1 amide bonds. The molecule has 1 unspecified atom stereocenters. The zero-order valence-corrected chi connectivity index (χ0v) is 10.7. The molecule has 1 fully saturated rings. The van der Waals surface area contributed by atoms with Crippen LogP contribution in [0.2, 0.25) is 0 Å². The van der Waals surface area contributed by atoms with Crippen LogP contribution >= 0.6 is 0 Å². The Hall–Kier alpha value is -1.26. The molecule has 17 heavy (non-hydrogen) atoms. The van der Waals surface area contributed by atoms with Gasteiger partial charge in [0.25, 0.3) is 0 Å². The van der Waals surface area contributed by atoms with Crippen LogP contribution in [0.25, 0.3) is 0 Å². The summed E-state index contributed by atoms with van der Waals surface area (Å²) in [6.07, 6.45) is 5.49. The van der Waals surface area contributed by atoms with E-state index in [0.29, 0.717) is 18.9 Å². The highest BCUT2D eigenvalue weighted by Gasteiger charge is 2.21. The standard InChI is InChI=1S/C12H23N3O2/c1-9(12(13)14-17)8-15(2)11(16)7-10-5-3-4-6-10/h9-10,17H,3-8H2,1-2H3,(H2,13,14). The van der Waals surface area contributed by atoms with Gasteiger partial charge in [0.2, 0.25) is 5.91 Å². The van der Waals surface area contributed by atoms with Crippen molar-refractivity contribution < 1.29 is 10.0 Å². The van der Waals surface area contributed by atoms with E-state index in [-0.39, 0.29) is 17.7 Å². The van der Waals surface area contributed by atoms with Gasteiger partial charge in [-0.1, -0.05) is 24.9 Å². The average molecular weight is 241 g/mol. The van der Waals surface area contributed by atoms with Crippen LogP contribution < -0.4 is 5.73 Å². The van der Waals surface area contributed by atoms with E-state index in [1.807, 2.05) is 6.92 Å². The number of amides is 1. The summed E-state index contributed by atoms with van der Waals surface area (Å²) in [5.41, 5.74) is 5.49. The van der Waals surface area contributed by atoms with Gasteiger partial charge in [-0.15, -0.1) is 0 Å². The van der Waals surface area contributed by atoms with Gasteiger partial charge in [0.1, 0.15) is 5.84 Å². The van der Waals surface area contributed by atoms with E-state index in [0.717, 1.165) is 0 Å². The number of rotatable bonds is 5. The first kappa shape index (κ1) is 13.8. The predicted molar refractivity (Wildman–Crippen MR) is 66.8 cm³/mol. The number of oxime groups is 1. The molecule has 0 aromatic rings. The van der Waals surface area contributed by atoms with Crippen LogP contribution in [0, 0.1) is 11.8 Å². The number of carbonyl (C=O) groups is 1. The van der Waals surface area contributed by atoms with E-state index < -0.39 is 0 Å². The molecular formula is C12H23N3O2. The number of carbonyl (C=O) groups excluding carboxylic acids is 1. The number of nitrogens with zero attached hydrogens (tertiary/aromatic N) is 2. The van der Waals surface area contributed by atoms with E-state index in [4.69, 9.17) is 10.9 Å². The molecule has 5 nitrogen and oxygen atoms in total. The van der Waals surface area contributed by atoms with E-state index in [1.54, 1.807) is 11.9 Å². The molecule has 98 valence electrons. The SMILES string of the molecule is CC(CN(C)C(=O)CC1CCCC1)C(N)=NO. The maximum absolute atomic E-state index is 11.9. The van der Waals surface area contributed by atoms with Gasteiger partial charge in [0.05, 0.1) is 0 Å². The summed E-state index contributed by atoms with van der Waals surface area (Å²) in [7, 11) is 1.78. The molecule has 0 saturated heterocycles. The lowest BCUT2D eigenvalue weighted by Gasteiger charge is -2.22. The maximum atomic E-state index is 11.9. The molecule has 0 aromatic carbocycles. The molecule has 0 heterocycles. The summed E-state index contributed by atoms with van der Waals surface area (Å²) in [6, 6.07) is 0. The fraction of sp³-hybridized carbons (Fsp3) is 0.833. The second-order valence-electron chi connectivity index (χ2n) is 5.05. The van der Waals surface area contributed by atoms with Gasteiger partial charge >= 0.3 is 0 Å². The molecule has 0 aromatic heterocycles. The average Bonchev–Trinajstić information content (AvgIpc) is 2.80. The van der Waals surface area contributed by atoms with Gasteiger partial charge in [-0.2, -0.15) is 0 Å². The van der Waals surface area contributed by atoms with E-state index >= 15 is 0 Å². The third kappa shape index (κ3) is 4.24. The monoisotopic (exact) mass is 241 g/mol. The number of nitrogens with two attached hydrogens (primary N) is 1. The number of hydrogen-bond acceptors (Lipinski definition) is 3. The van der Waals surface area contributed by atoms with Gasteiger partial charge in [-0.05, 0) is 18.8 Å². The highest BCUT2D eigenvalue weighted by molar-refractivity contribution is 5.83. The fourth-order valence-electron chi connectivity index (χ4n) is 2.32. The minimum absolute atomic E-state index is 0.113. The molecule has 0 aliphatic heterocycles. The first-order chi connectivity index (χ1) is 8.04. The van der Waals surface area contributed by atoms with Crippen molar-refractivity contribution >= 4 is 11.7 Å². The fourth-order valence-corrected chi connectivity index (χ4v) is 2.32. The molecule has 1 saturated carbocycles. The summed E-state index contributed by atoms with van der Waals surface area (Å²) in [5.74, 6) is 0.779. The Morgan fingerprint density at radius 2 is 2.12 bits per heavy atom. The third-order valence-electron chi connectivity index (χ3n) is 3.53. The molecule has 0 spiro atoms. The Balaban J connectivity index is 2.35. The Kier molecular flexibility index (Phi) is 5.25. The smallest absolute Gasteiger partial charge is 0.222 e. The third-order valence-corrected chi connectivity index (χ3v) is 3.53. The minimum atomic E-state index is -0.113. The zero-order chi connectivity index (χ0) is 12.8. The molecule has 1 aliphatic rings. The Labute approximate surface area is 103 Å². The summed E-state index contributed by atoms with van der Waals surface area (Å²) >= 11 is 0. The van der Waals surface area contributed by atoms with Crippen molar-refractivity contribution in [2.45, 2.75) is 39.0 Å². The van der Waals surface area contributed by atoms with Crippen LogP contribution in [0.4, 0.5) is 0 Å². The van der Waals surface area contributed by atoms with Crippen LogP contribution in [-0.4, -0.2) is 35.4 Å². The predicted octanol–water partition coefficient (Wildman–Crippen LogP) is 1.41. The molecule has 0 bridgehead atoms. The Morgan fingerprint density at radius 3 is 2.65 bits per heavy atom. The highest BCUT2D eigenvalue weighted by atomic mass is 16.4. The van der Waals surface area contributed by atoms with Gasteiger partial charge in [-0.25, -0.2) is 0 Å². The van der Waals surface area contributed by atoms with Crippen molar-refractivity contribution in [1.82, 2.24) is 4.90 Å². The van der Waals surface area contributed by atoms with Crippen molar-refractivity contribution in [3.05, 3.63) is 0 Å². The molecule has 5 heteroatoms. The normalized spacial score (nSPS) is 19.3. The minimum Gasteiger partial charge on any atom is -0.409 e. The highest BCUT2D eigenvalue weighted by Crippen LogP contribution is 2.27. The molecule has 1 aliphatic carbocycles. The summed E-state index contributed by atoms with van der Waals surface area (Å²) < 4.78 is 0. The van der Waals surface area contributed by atoms with Crippen LogP contribution in [0.15, 0.2) is 5.16 Å². The van der Waals surface area contributed by atoms with E-state index in [9.17, 15) is 4.79 Å². The topological polar surface area (TPSA) is 78.9 Å². The van der Waals surface area contributed by atoms with Crippen LogP contribution in [0.5, 0.6) is 0 Å². The largest absolute Gasteiger partial charge is 0.409 e. The molecule has 3 N–H and O–H groups in total. The van der Waals surface area contributed by atoms with Crippen molar-refractivity contribution in [1.29, 1.82) is 0 Å². The zero-order valence-electron chi connectivity index (χ0n) is 10.7. The van der Waals surface area contributed by atoms with Gasteiger partial charge in [0, 0.05) is 25.9 Å². The lowest BCUT2D eigenvalue weighted by Crippen LogP contribution is -2.36. The quantitative estimate of drug-likeness (QED) is 0.330. The van der Waals surface area contributed by atoms with Crippen LogP contribution in [-0.2, 0) is 4.79 Å². The Morgan fingerprint density at radius 1 is 1.53 bits per heavy atom. The van der Waals surface area contributed by atoms with E-state index in [2.05, 4.69) is 5.16 Å². The molecule has 1 atom stereocenters. The van der Waals surface area contributed by atoms with E-state index in [1.165, 1.54) is 25.7 Å². The molecule has 1 rings (SSSR count). The Bertz CT molecular complexity index is 285. The lowest BCUT2D eigenvalue weighted by molar-refractivity contribution is -0.131. The number of hydrogen-bond donors (Lipinski definition) is 2. The van der Waals surface area contributed by atoms with Gasteiger partial charge in [-0.3, -0.25) is 4.79 Å². The molecule has 0 radical (unpaired) electrons. The lowest BCUT2D eigenvalue weighted by atomic mass is 10.0. The van der Waals surface area contributed by atoms with Crippen molar-refractivity contribution in [3.63, 3.8) is 0 Å². The van der Waals surface area contributed by atoms with Crippen molar-refractivity contribution in [2.75, 3.05) is 13.6 Å². The summed E-state index contributed by atoms with van der Waals surface area (Å²) in [5, 5.41) is 11.5. The van der Waals surface area contributed by atoms with Crippen LogP contribution in [0.3, 0.4) is 0 Å². The second kappa shape index (κ2) is 6.47. The van der Waals surface area contributed by atoms with Gasteiger partial charge in [0.15, 0.2) is 0 Å².